The highest BCUT2D eigenvalue weighted by molar-refractivity contribution is 7.89. The van der Waals surface area contributed by atoms with E-state index in [2.05, 4.69) is 33.0 Å². The second-order valence-corrected chi connectivity index (χ2v) is 7.77. The van der Waals surface area contributed by atoms with Gasteiger partial charge < -0.3 is 10.4 Å². The van der Waals surface area contributed by atoms with Crippen molar-refractivity contribution in [3.63, 3.8) is 0 Å². The summed E-state index contributed by atoms with van der Waals surface area (Å²) in [4.78, 5) is 11.1. The van der Waals surface area contributed by atoms with Crippen molar-refractivity contribution in [2.45, 2.75) is 32.6 Å². The monoisotopic (exact) mass is 314 g/mol. The van der Waals surface area contributed by atoms with Gasteiger partial charge in [-0.05, 0) is 29.5 Å². The first kappa shape index (κ1) is 17.5. The molecule has 7 heteroatoms. The van der Waals surface area contributed by atoms with Gasteiger partial charge in [-0.15, -0.1) is 0 Å². The van der Waals surface area contributed by atoms with Crippen LogP contribution in [-0.4, -0.2) is 26.0 Å². The number of sulfonamides is 1. The van der Waals surface area contributed by atoms with Gasteiger partial charge in [-0.3, -0.25) is 0 Å². The third kappa shape index (κ3) is 4.71. The molecule has 1 aromatic rings. The molecule has 4 N–H and O–H groups in total. The lowest BCUT2D eigenvalue weighted by atomic mass is 9.82. The fourth-order valence-electron chi connectivity index (χ4n) is 1.60. The highest BCUT2D eigenvalue weighted by Crippen LogP contribution is 2.27. The minimum atomic E-state index is -3.92. The van der Waals surface area contributed by atoms with Crippen molar-refractivity contribution in [3.8, 4) is 0 Å². The second kappa shape index (κ2) is 6.03. The van der Waals surface area contributed by atoms with Crippen LogP contribution in [0.5, 0.6) is 0 Å². The molecule has 0 aliphatic heterocycles. The van der Waals surface area contributed by atoms with Crippen molar-refractivity contribution in [2.75, 3.05) is 11.9 Å². The number of nitrogens with two attached hydrogens (primary N) is 1. The molecule has 1 unspecified atom stereocenters. The maximum Gasteiger partial charge on any atom is 0.337 e. The lowest BCUT2D eigenvalue weighted by molar-refractivity contribution is 0.0697. The standard InChI is InChI=1S/C14H22N2O4S/c1-9(14(2,3)4)8-16-12-6-5-10(21(15,19)20)7-11(12)13(17)18/h5-7,9,16H,8H2,1-4H3,(H,17,18)(H2,15,19,20). The Bertz CT molecular complexity index is 633. The molecule has 0 aliphatic rings. The lowest BCUT2D eigenvalue weighted by Gasteiger charge is -2.28. The van der Waals surface area contributed by atoms with Crippen LogP contribution in [0.4, 0.5) is 5.69 Å². The van der Waals surface area contributed by atoms with Crippen LogP contribution in [0.1, 0.15) is 38.1 Å². The van der Waals surface area contributed by atoms with Crippen molar-refractivity contribution < 1.29 is 18.3 Å². The number of nitrogens with one attached hydrogen (secondary N) is 1. The third-order valence-corrected chi connectivity index (χ3v) is 4.54. The van der Waals surface area contributed by atoms with Crippen LogP contribution in [0.25, 0.3) is 0 Å². The van der Waals surface area contributed by atoms with Gasteiger partial charge >= 0.3 is 5.97 Å². The summed E-state index contributed by atoms with van der Waals surface area (Å²) < 4.78 is 22.6. The Morgan fingerprint density at radius 2 is 1.95 bits per heavy atom. The molecule has 0 aromatic heterocycles. The molecule has 0 radical (unpaired) electrons. The highest BCUT2D eigenvalue weighted by atomic mass is 32.2. The summed E-state index contributed by atoms with van der Waals surface area (Å²) in [5.41, 5.74) is 0.352. The van der Waals surface area contributed by atoms with Gasteiger partial charge in [-0.2, -0.15) is 0 Å². The van der Waals surface area contributed by atoms with Crippen LogP contribution < -0.4 is 10.5 Å². The van der Waals surface area contributed by atoms with Crippen molar-refractivity contribution in [2.24, 2.45) is 16.5 Å². The number of anilines is 1. The van der Waals surface area contributed by atoms with Crippen LogP contribution in [0.15, 0.2) is 23.1 Å². The van der Waals surface area contributed by atoms with Crippen molar-refractivity contribution in [1.29, 1.82) is 0 Å². The summed E-state index contributed by atoms with van der Waals surface area (Å²) in [5.74, 6) is -0.900. The molecule has 0 saturated heterocycles. The number of aromatic carboxylic acids is 1. The first-order valence-electron chi connectivity index (χ1n) is 6.57. The molecule has 0 spiro atoms. The van der Waals surface area contributed by atoms with Gasteiger partial charge in [0, 0.05) is 12.2 Å². The summed E-state index contributed by atoms with van der Waals surface area (Å²) in [5, 5.41) is 17.3. The van der Waals surface area contributed by atoms with Crippen LogP contribution in [0.3, 0.4) is 0 Å². The van der Waals surface area contributed by atoms with E-state index in [9.17, 15) is 18.3 Å². The third-order valence-electron chi connectivity index (χ3n) is 3.63. The Kier molecular flexibility index (Phi) is 5.01. The Balaban J connectivity index is 3.06. The van der Waals surface area contributed by atoms with E-state index in [1.165, 1.54) is 12.1 Å². The number of benzene rings is 1. The number of hydrogen-bond donors (Lipinski definition) is 3. The molecule has 0 heterocycles. The molecule has 21 heavy (non-hydrogen) atoms. The number of primary sulfonamides is 1. The molecule has 6 nitrogen and oxygen atoms in total. The minimum absolute atomic E-state index is 0.0803. The van der Waals surface area contributed by atoms with Crippen molar-refractivity contribution >= 4 is 21.7 Å². The molecule has 0 fully saturated rings. The van der Waals surface area contributed by atoms with Gasteiger partial charge in [-0.1, -0.05) is 27.7 Å². The SMILES string of the molecule is CC(CNc1ccc(S(N)(=O)=O)cc1C(=O)O)C(C)(C)C. The van der Waals surface area contributed by atoms with E-state index >= 15 is 0 Å². The first-order chi connectivity index (χ1) is 9.43. The largest absolute Gasteiger partial charge is 0.478 e. The minimum Gasteiger partial charge on any atom is -0.478 e. The van der Waals surface area contributed by atoms with E-state index in [4.69, 9.17) is 5.14 Å². The van der Waals surface area contributed by atoms with Crippen LogP contribution in [-0.2, 0) is 10.0 Å². The highest BCUT2D eigenvalue weighted by Gasteiger charge is 2.21. The fraction of sp³-hybridized carbons (Fsp3) is 0.500. The van der Waals surface area contributed by atoms with E-state index in [0.29, 0.717) is 18.2 Å². The zero-order valence-corrected chi connectivity index (χ0v) is 13.5. The molecule has 0 saturated carbocycles. The average molecular weight is 314 g/mol. The Morgan fingerprint density at radius 1 is 1.38 bits per heavy atom. The lowest BCUT2D eigenvalue weighted by Crippen LogP contribution is -2.25. The maximum absolute atomic E-state index is 11.3. The molecule has 0 amide bonds. The smallest absolute Gasteiger partial charge is 0.337 e. The summed E-state index contributed by atoms with van der Waals surface area (Å²) in [6.07, 6.45) is 0. The summed E-state index contributed by atoms with van der Waals surface area (Å²) in [7, 11) is -3.92. The molecular formula is C14H22N2O4S. The molecular weight excluding hydrogens is 292 g/mol. The van der Waals surface area contributed by atoms with Crippen LogP contribution in [0.2, 0.25) is 0 Å². The van der Waals surface area contributed by atoms with Gasteiger partial charge in [0.15, 0.2) is 0 Å². The zero-order valence-electron chi connectivity index (χ0n) is 12.7. The van der Waals surface area contributed by atoms with E-state index in [1.54, 1.807) is 0 Å². The van der Waals surface area contributed by atoms with E-state index < -0.39 is 16.0 Å². The normalized spacial score (nSPS) is 13.8. The van der Waals surface area contributed by atoms with Crippen molar-refractivity contribution in [1.82, 2.24) is 0 Å². The Hall–Kier alpha value is -1.60. The zero-order chi connectivity index (χ0) is 16.4. The van der Waals surface area contributed by atoms with Gasteiger partial charge in [0.1, 0.15) is 0 Å². The topological polar surface area (TPSA) is 109 Å². The summed E-state index contributed by atoms with van der Waals surface area (Å²) in [6, 6.07) is 3.80. The number of carbonyl (C=O) groups is 1. The molecule has 118 valence electrons. The number of carboxylic acid groups (broad SMARTS) is 1. The number of hydrogen-bond acceptors (Lipinski definition) is 4. The first-order valence-corrected chi connectivity index (χ1v) is 8.11. The predicted molar refractivity (Wildman–Crippen MR) is 81.9 cm³/mol. The maximum atomic E-state index is 11.3. The molecule has 1 rings (SSSR count). The number of carboxylic acids is 1. The second-order valence-electron chi connectivity index (χ2n) is 6.21. The van der Waals surface area contributed by atoms with Gasteiger partial charge in [0.25, 0.3) is 0 Å². The van der Waals surface area contributed by atoms with E-state index in [1.807, 2.05) is 0 Å². The molecule has 0 bridgehead atoms. The van der Waals surface area contributed by atoms with Crippen LogP contribution >= 0.6 is 0 Å². The van der Waals surface area contributed by atoms with E-state index in [0.717, 1.165) is 6.07 Å². The van der Waals surface area contributed by atoms with Crippen LogP contribution in [0, 0.1) is 11.3 Å². The quantitative estimate of drug-likeness (QED) is 0.771. The molecule has 1 aromatic carbocycles. The summed E-state index contributed by atoms with van der Waals surface area (Å²) >= 11 is 0. The average Bonchev–Trinajstić information content (AvgIpc) is 2.33. The summed E-state index contributed by atoms with van der Waals surface area (Å²) in [6.45, 7) is 8.94. The molecule has 0 aliphatic carbocycles. The van der Waals surface area contributed by atoms with Gasteiger partial charge in [-0.25, -0.2) is 18.4 Å². The van der Waals surface area contributed by atoms with Gasteiger partial charge in [0.2, 0.25) is 10.0 Å². The van der Waals surface area contributed by atoms with Gasteiger partial charge in [0.05, 0.1) is 10.5 Å². The molecule has 1 atom stereocenters. The predicted octanol–water partition coefficient (Wildman–Crippen LogP) is 2.13. The Labute approximate surface area is 125 Å². The Morgan fingerprint density at radius 3 is 2.38 bits per heavy atom. The fourth-order valence-corrected chi connectivity index (χ4v) is 2.14. The number of rotatable bonds is 5. The van der Waals surface area contributed by atoms with E-state index in [-0.39, 0.29) is 15.9 Å². The van der Waals surface area contributed by atoms with Crippen molar-refractivity contribution in [3.05, 3.63) is 23.8 Å².